The van der Waals surface area contributed by atoms with Crippen LogP contribution < -0.4 is 0 Å². The Morgan fingerprint density at radius 3 is 1.83 bits per heavy atom. The summed E-state index contributed by atoms with van der Waals surface area (Å²) >= 11 is 1.88. The SMILES string of the molecule is CC.CSN1CCC(C)(C)CC1. The minimum Gasteiger partial charge on any atom is -0.251 e. The van der Waals surface area contributed by atoms with Crippen molar-refractivity contribution in [1.82, 2.24) is 4.31 Å². The predicted molar refractivity (Wildman–Crippen MR) is 59.5 cm³/mol. The molecular formula is C10H23NS. The maximum Gasteiger partial charge on any atom is 0.00943 e. The summed E-state index contributed by atoms with van der Waals surface area (Å²) < 4.78 is 2.45. The van der Waals surface area contributed by atoms with Gasteiger partial charge in [-0.1, -0.05) is 39.6 Å². The van der Waals surface area contributed by atoms with E-state index in [4.69, 9.17) is 0 Å². The zero-order valence-corrected chi connectivity index (χ0v) is 10.0. The van der Waals surface area contributed by atoms with Crippen molar-refractivity contribution in [3.63, 3.8) is 0 Å². The van der Waals surface area contributed by atoms with Crippen molar-refractivity contribution in [2.75, 3.05) is 19.3 Å². The molecule has 0 unspecified atom stereocenters. The van der Waals surface area contributed by atoms with Gasteiger partial charge in [0.2, 0.25) is 0 Å². The molecule has 0 radical (unpaired) electrons. The van der Waals surface area contributed by atoms with Crippen LogP contribution in [0.15, 0.2) is 0 Å². The van der Waals surface area contributed by atoms with Gasteiger partial charge in [-0.15, -0.1) is 0 Å². The van der Waals surface area contributed by atoms with Gasteiger partial charge in [0.1, 0.15) is 0 Å². The molecule has 12 heavy (non-hydrogen) atoms. The summed E-state index contributed by atoms with van der Waals surface area (Å²) in [5, 5.41) is 0. The second-order valence-corrected chi connectivity index (χ2v) is 4.66. The Kier molecular flexibility index (Phi) is 6.02. The van der Waals surface area contributed by atoms with E-state index in [0.29, 0.717) is 5.41 Å². The minimum absolute atomic E-state index is 0.603. The van der Waals surface area contributed by atoms with Crippen molar-refractivity contribution >= 4 is 11.9 Å². The quantitative estimate of drug-likeness (QED) is 0.582. The lowest BCUT2D eigenvalue weighted by Crippen LogP contribution is -2.32. The van der Waals surface area contributed by atoms with Gasteiger partial charge in [-0.05, 0) is 24.5 Å². The Balaban J connectivity index is 0.000000561. The first-order valence-corrected chi connectivity index (χ1v) is 6.11. The summed E-state index contributed by atoms with van der Waals surface area (Å²) in [6.07, 6.45) is 4.88. The first kappa shape index (κ1) is 12.3. The number of piperidine rings is 1. The highest BCUT2D eigenvalue weighted by molar-refractivity contribution is 7.96. The topological polar surface area (TPSA) is 3.24 Å². The molecule has 0 aromatic rings. The van der Waals surface area contributed by atoms with Gasteiger partial charge in [0.25, 0.3) is 0 Å². The third-order valence-electron chi connectivity index (χ3n) is 2.33. The Morgan fingerprint density at radius 1 is 1.08 bits per heavy atom. The third-order valence-corrected chi connectivity index (χ3v) is 3.22. The van der Waals surface area contributed by atoms with Crippen LogP contribution in [0.1, 0.15) is 40.5 Å². The summed E-state index contributed by atoms with van der Waals surface area (Å²) in [7, 11) is 0. The van der Waals surface area contributed by atoms with E-state index in [1.807, 2.05) is 25.8 Å². The van der Waals surface area contributed by atoms with Gasteiger partial charge in [-0.3, -0.25) is 4.31 Å². The van der Waals surface area contributed by atoms with Crippen LogP contribution in [0.3, 0.4) is 0 Å². The molecule has 74 valence electrons. The molecule has 0 saturated carbocycles. The zero-order valence-electron chi connectivity index (χ0n) is 9.18. The van der Waals surface area contributed by atoms with Crippen LogP contribution in [0, 0.1) is 5.41 Å². The molecule has 1 heterocycles. The fourth-order valence-electron chi connectivity index (χ4n) is 1.27. The van der Waals surface area contributed by atoms with Gasteiger partial charge in [-0.25, -0.2) is 0 Å². The molecular weight excluding hydrogens is 166 g/mol. The Labute approximate surface area is 82.0 Å². The molecule has 1 nitrogen and oxygen atoms in total. The number of hydrogen-bond donors (Lipinski definition) is 0. The smallest absolute Gasteiger partial charge is 0.00943 e. The Hall–Kier alpha value is 0.310. The molecule has 0 atom stereocenters. The molecule has 1 fully saturated rings. The van der Waals surface area contributed by atoms with Crippen molar-refractivity contribution in [1.29, 1.82) is 0 Å². The van der Waals surface area contributed by atoms with Crippen LogP contribution in [0.5, 0.6) is 0 Å². The van der Waals surface area contributed by atoms with Crippen molar-refractivity contribution in [3.8, 4) is 0 Å². The molecule has 0 bridgehead atoms. The van der Waals surface area contributed by atoms with E-state index in [0.717, 1.165) is 0 Å². The van der Waals surface area contributed by atoms with Gasteiger partial charge in [0.15, 0.2) is 0 Å². The van der Waals surface area contributed by atoms with Gasteiger partial charge < -0.3 is 0 Å². The zero-order chi connectivity index (χ0) is 9.61. The fourth-order valence-corrected chi connectivity index (χ4v) is 1.82. The van der Waals surface area contributed by atoms with Crippen LogP contribution in [-0.4, -0.2) is 23.7 Å². The maximum absolute atomic E-state index is 2.45. The molecule has 0 aromatic carbocycles. The maximum atomic E-state index is 2.45. The predicted octanol–water partition coefficient (Wildman–Crippen LogP) is 3.41. The highest BCUT2D eigenvalue weighted by Gasteiger charge is 2.24. The average Bonchev–Trinajstić information content (AvgIpc) is 2.08. The standard InChI is InChI=1S/C8H17NS.C2H6/c1-8(2)4-6-9(10-3)7-5-8;1-2/h4-7H2,1-3H3;1-2H3. The van der Waals surface area contributed by atoms with E-state index in [1.54, 1.807) is 0 Å². The van der Waals surface area contributed by atoms with Gasteiger partial charge in [-0.2, -0.15) is 0 Å². The van der Waals surface area contributed by atoms with Crippen LogP contribution in [0.4, 0.5) is 0 Å². The van der Waals surface area contributed by atoms with E-state index in [-0.39, 0.29) is 0 Å². The lowest BCUT2D eigenvalue weighted by Gasteiger charge is -2.35. The number of rotatable bonds is 1. The minimum atomic E-state index is 0.603. The van der Waals surface area contributed by atoms with Crippen LogP contribution in [0.25, 0.3) is 0 Å². The molecule has 0 aliphatic carbocycles. The molecule has 2 heteroatoms. The van der Waals surface area contributed by atoms with Crippen molar-refractivity contribution < 1.29 is 0 Å². The second kappa shape index (κ2) is 5.87. The van der Waals surface area contributed by atoms with E-state index < -0.39 is 0 Å². The molecule has 0 N–H and O–H groups in total. The second-order valence-electron chi connectivity index (χ2n) is 3.78. The molecule has 0 amide bonds. The van der Waals surface area contributed by atoms with Gasteiger partial charge >= 0.3 is 0 Å². The highest BCUT2D eigenvalue weighted by Crippen LogP contribution is 2.31. The molecule has 1 aliphatic heterocycles. The Bertz CT molecular complexity index is 102. The largest absolute Gasteiger partial charge is 0.251 e. The first-order chi connectivity index (χ1) is 5.64. The first-order valence-electron chi connectivity index (χ1n) is 4.93. The molecule has 0 aromatic heterocycles. The van der Waals surface area contributed by atoms with E-state index in [2.05, 4.69) is 24.4 Å². The summed E-state index contributed by atoms with van der Waals surface area (Å²) in [5.41, 5.74) is 0.603. The normalized spacial score (nSPS) is 22.8. The Morgan fingerprint density at radius 2 is 1.50 bits per heavy atom. The molecule has 1 aliphatic rings. The van der Waals surface area contributed by atoms with E-state index >= 15 is 0 Å². The monoisotopic (exact) mass is 189 g/mol. The molecule has 0 spiro atoms. The number of nitrogens with zero attached hydrogens (tertiary/aromatic N) is 1. The highest BCUT2D eigenvalue weighted by atomic mass is 32.2. The van der Waals surface area contributed by atoms with Crippen LogP contribution in [0.2, 0.25) is 0 Å². The summed E-state index contributed by atoms with van der Waals surface area (Å²) in [4.78, 5) is 0. The van der Waals surface area contributed by atoms with Crippen molar-refractivity contribution in [2.24, 2.45) is 5.41 Å². The van der Waals surface area contributed by atoms with Crippen LogP contribution >= 0.6 is 11.9 Å². The average molecular weight is 189 g/mol. The lowest BCUT2D eigenvalue weighted by atomic mass is 9.83. The summed E-state index contributed by atoms with van der Waals surface area (Å²) in [6.45, 7) is 11.3. The van der Waals surface area contributed by atoms with Gasteiger partial charge in [0.05, 0.1) is 0 Å². The molecule has 1 saturated heterocycles. The third kappa shape index (κ3) is 4.36. The lowest BCUT2D eigenvalue weighted by molar-refractivity contribution is 0.205. The summed E-state index contributed by atoms with van der Waals surface area (Å²) in [5.74, 6) is 0. The van der Waals surface area contributed by atoms with Gasteiger partial charge in [0, 0.05) is 13.1 Å². The van der Waals surface area contributed by atoms with Crippen molar-refractivity contribution in [2.45, 2.75) is 40.5 Å². The molecule has 1 rings (SSSR count). The van der Waals surface area contributed by atoms with Crippen LogP contribution in [-0.2, 0) is 0 Å². The fraction of sp³-hybridized carbons (Fsp3) is 1.00. The van der Waals surface area contributed by atoms with E-state index in [1.165, 1.54) is 25.9 Å². The summed E-state index contributed by atoms with van der Waals surface area (Å²) in [6, 6.07) is 0. The van der Waals surface area contributed by atoms with Crippen molar-refractivity contribution in [3.05, 3.63) is 0 Å². The van der Waals surface area contributed by atoms with E-state index in [9.17, 15) is 0 Å². The number of hydrogen-bond acceptors (Lipinski definition) is 2.